The molecule has 7 nitrogen and oxygen atoms in total. The summed E-state index contributed by atoms with van der Waals surface area (Å²) >= 11 is 0. The Balaban J connectivity index is 0.000000967. The minimum absolute atomic E-state index is 0.0416. The molecule has 0 aromatic heterocycles. The maximum Gasteiger partial charge on any atom is 0.315 e. The average Bonchev–Trinajstić information content (AvgIpc) is 3.44. The number of carboxylic acid groups (broad SMARTS) is 1. The number of anilines is 1. The van der Waals surface area contributed by atoms with Crippen LogP contribution in [-0.2, 0) is 11.3 Å². The van der Waals surface area contributed by atoms with E-state index in [0.717, 1.165) is 30.0 Å². The Hall–Kier alpha value is -3.06. The van der Waals surface area contributed by atoms with Gasteiger partial charge in [0.1, 0.15) is 0 Å². The minimum atomic E-state index is -0.250. The molecule has 0 spiro atoms. The summed E-state index contributed by atoms with van der Waals surface area (Å²) in [5, 5.41) is 13.1. The first-order chi connectivity index (χ1) is 17.5. The molecule has 2 aliphatic heterocycles. The lowest BCUT2D eigenvalue weighted by molar-refractivity contribution is -0.122. The highest BCUT2D eigenvalue weighted by Gasteiger charge is 2.43. The van der Waals surface area contributed by atoms with Crippen molar-refractivity contribution in [2.24, 2.45) is 5.92 Å². The number of carbonyl (C=O) groups excluding carboxylic acids is 1. The van der Waals surface area contributed by atoms with Gasteiger partial charge in [-0.1, -0.05) is 36.4 Å². The molecule has 2 bridgehead atoms. The zero-order valence-electron chi connectivity index (χ0n) is 21.5. The number of amides is 2. The normalized spacial score (nSPS) is 24.3. The number of hydrogen-bond donors (Lipinski definition) is 3. The topological polar surface area (TPSA) is 84.9 Å². The zero-order valence-corrected chi connectivity index (χ0v) is 21.5. The molecule has 5 rings (SSSR count). The standard InChI is InChI=1S/C28H38N4O.CH2O2/c1-31(2)23-7-5-6-21(18-23)19-29-28(33)30-22-12-10-20(11-13-22)16-17-32-26-14-15-27(32)25-9-4-3-8-24(25)26;2-1-3/h3-9,18,20,22,26-27H,10-17,19H2,1-2H3,(H2,29,30,33);1H,(H,2,3). The monoisotopic (exact) mass is 492 g/mol. The smallest absolute Gasteiger partial charge is 0.315 e. The summed E-state index contributed by atoms with van der Waals surface area (Å²) in [6.07, 6.45) is 8.60. The summed E-state index contributed by atoms with van der Waals surface area (Å²) in [6, 6.07) is 19.0. The molecule has 3 aliphatic rings. The average molecular weight is 493 g/mol. The molecule has 2 aromatic carbocycles. The molecule has 1 saturated carbocycles. The molecule has 7 heteroatoms. The summed E-state index contributed by atoms with van der Waals surface area (Å²) in [5.41, 5.74) is 5.44. The van der Waals surface area contributed by atoms with E-state index >= 15 is 0 Å². The molecule has 36 heavy (non-hydrogen) atoms. The van der Waals surface area contributed by atoms with Gasteiger partial charge >= 0.3 is 6.03 Å². The molecule has 194 valence electrons. The van der Waals surface area contributed by atoms with Crippen LogP contribution >= 0.6 is 0 Å². The van der Waals surface area contributed by atoms with Gasteiger partial charge in [-0.2, -0.15) is 0 Å². The van der Waals surface area contributed by atoms with Gasteiger partial charge in [-0.15, -0.1) is 0 Å². The van der Waals surface area contributed by atoms with Crippen molar-refractivity contribution in [2.45, 2.75) is 69.6 Å². The van der Waals surface area contributed by atoms with E-state index in [9.17, 15) is 4.79 Å². The molecule has 2 atom stereocenters. The number of urea groups is 1. The Kier molecular flexibility index (Phi) is 8.86. The molecule has 0 radical (unpaired) electrons. The van der Waals surface area contributed by atoms with Crippen LogP contribution in [0.5, 0.6) is 0 Å². The number of hydrogen-bond acceptors (Lipinski definition) is 4. The Morgan fingerprint density at radius 3 is 2.25 bits per heavy atom. The number of fused-ring (bicyclic) bond motifs is 5. The molecule has 2 unspecified atom stereocenters. The van der Waals surface area contributed by atoms with Gasteiger partial charge in [0.2, 0.25) is 0 Å². The largest absolute Gasteiger partial charge is 0.483 e. The minimum Gasteiger partial charge on any atom is -0.483 e. The van der Waals surface area contributed by atoms with Gasteiger partial charge in [-0.3, -0.25) is 9.69 Å². The maximum atomic E-state index is 12.4. The number of nitrogens with one attached hydrogen (secondary N) is 2. The lowest BCUT2D eigenvalue weighted by Crippen LogP contribution is -2.43. The van der Waals surface area contributed by atoms with Crippen LogP contribution in [0, 0.1) is 5.92 Å². The molecule has 1 saturated heterocycles. The van der Waals surface area contributed by atoms with E-state index in [1.807, 2.05) is 20.2 Å². The number of benzene rings is 2. The zero-order chi connectivity index (χ0) is 25.5. The van der Waals surface area contributed by atoms with Gasteiger partial charge in [-0.25, -0.2) is 4.79 Å². The molecule has 1 aliphatic carbocycles. The molecule has 2 aromatic rings. The Morgan fingerprint density at radius 1 is 1.00 bits per heavy atom. The second-order valence-electron chi connectivity index (χ2n) is 10.5. The summed E-state index contributed by atoms with van der Waals surface area (Å²) in [6.45, 7) is 1.53. The quantitative estimate of drug-likeness (QED) is 0.469. The van der Waals surface area contributed by atoms with Crippen LogP contribution in [0.2, 0.25) is 0 Å². The summed E-state index contributed by atoms with van der Waals surface area (Å²) in [4.78, 5) is 25.6. The van der Waals surface area contributed by atoms with Crippen molar-refractivity contribution in [3.63, 3.8) is 0 Å². The highest BCUT2D eigenvalue weighted by atomic mass is 16.3. The van der Waals surface area contributed by atoms with E-state index in [-0.39, 0.29) is 12.5 Å². The van der Waals surface area contributed by atoms with Crippen molar-refractivity contribution in [2.75, 3.05) is 25.5 Å². The molecule has 3 N–H and O–H groups in total. The number of rotatable bonds is 7. The Labute approximate surface area is 214 Å². The van der Waals surface area contributed by atoms with Gasteiger partial charge in [0.05, 0.1) is 0 Å². The van der Waals surface area contributed by atoms with E-state index in [1.165, 1.54) is 38.6 Å². The van der Waals surface area contributed by atoms with Gasteiger partial charge in [0.15, 0.2) is 0 Å². The third-order valence-corrected chi connectivity index (χ3v) is 8.09. The van der Waals surface area contributed by atoms with Crippen LogP contribution < -0.4 is 15.5 Å². The third-order valence-electron chi connectivity index (χ3n) is 8.09. The van der Waals surface area contributed by atoms with Crippen LogP contribution in [0.15, 0.2) is 48.5 Å². The lowest BCUT2D eigenvalue weighted by Gasteiger charge is -2.31. The molecule has 2 fully saturated rings. The number of nitrogens with zero attached hydrogens (tertiary/aromatic N) is 2. The van der Waals surface area contributed by atoms with Gasteiger partial charge in [0, 0.05) is 44.5 Å². The van der Waals surface area contributed by atoms with E-state index in [2.05, 4.69) is 62.9 Å². The summed E-state index contributed by atoms with van der Waals surface area (Å²) < 4.78 is 0. The van der Waals surface area contributed by atoms with Crippen LogP contribution in [0.1, 0.15) is 73.7 Å². The summed E-state index contributed by atoms with van der Waals surface area (Å²) in [7, 11) is 4.06. The van der Waals surface area contributed by atoms with Crippen molar-refractivity contribution in [1.29, 1.82) is 0 Å². The van der Waals surface area contributed by atoms with Crippen molar-refractivity contribution in [1.82, 2.24) is 15.5 Å². The highest BCUT2D eigenvalue weighted by Crippen LogP contribution is 2.53. The highest BCUT2D eigenvalue weighted by molar-refractivity contribution is 5.74. The fourth-order valence-corrected chi connectivity index (χ4v) is 6.25. The fourth-order valence-electron chi connectivity index (χ4n) is 6.25. The Morgan fingerprint density at radius 2 is 1.64 bits per heavy atom. The second kappa shape index (κ2) is 12.3. The first-order valence-corrected chi connectivity index (χ1v) is 13.2. The summed E-state index contributed by atoms with van der Waals surface area (Å²) in [5.74, 6) is 0.794. The second-order valence-corrected chi connectivity index (χ2v) is 10.5. The first-order valence-electron chi connectivity index (χ1n) is 13.2. The predicted molar refractivity (Wildman–Crippen MR) is 143 cm³/mol. The lowest BCUT2D eigenvalue weighted by atomic mass is 9.84. The van der Waals surface area contributed by atoms with E-state index in [1.54, 1.807) is 11.1 Å². The van der Waals surface area contributed by atoms with E-state index < -0.39 is 0 Å². The molecular weight excluding hydrogens is 452 g/mol. The SMILES string of the molecule is CN(C)c1cccc(CNC(=O)NC2CCC(CCN3C4CCC3c3ccccc34)CC2)c1.O=CO. The number of carbonyl (C=O) groups is 2. The van der Waals surface area contributed by atoms with Crippen LogP contribution in [0.25, 0.3) is 0 Å². The molecular formula is C29H40N4O3. The van der Waals surface area contributed by atoms with E-state index in [0.29, 0.717) is 24.7 Å². The van der Waals surface area contributed by atoms with Gasteiger partial charge < -0.3 is 20.6 Å². The molecule has 2 amide bonds. The first kappa shape index (κ1) is 26.0. The fraction of sp³-hybridized carbons (Fsp3) is 0.517. The van der Waals surface area contributed by atoms with Crippen LogP contribution in [0.4, 0.5) is 10.5 Å². The van der Waals surface area contributed by atoms with Crippen molar-refractivity contribution < 1.29 is 14.7 Å². The van der Waals surface area contributed by atoms with Gasteiger partial charge in [0.25, 0.3) is 6.47 Å². The maximum absolute atomic E-state index is 12.4. The van der Waals surface area contributed by atoms with Crippen molar-refractivity contribution >= 4 is 18.2 Å². The molecule has 2 heterocycles. The van der Waals surface area contributed by atoms with Crippen LogP contribution in [0.3, 0.4) is 0 Å². The van der Waals surface area contributed by atoms with Crippen LogP contribution in [-0.4, -0.2) is 49.2 Å². The predicted octanol–water partition coefficient (Wildman–Crippen LogP) is 5.09. The third kappa shape index (κ3) is 6.19. The Bertz CT molecular complexity index is 988. The van der Waals surface area contributed by atoms with Crippen molar-refractivity contribution in [3.05, 3.63) is 65.2 Å². The van der Waals surface area contributed by atoms with E-state index in [4.69, 9.17) is 9.90 Å². The van der Waals surface area contributed by atoms with Crippen molar-refractivity contribution in [3.8, 4) is 0 Å². The van der Waals surface area contributed by atoms with Gasteiger partial charge in [-0.05, 0) is 86.2 Å².